The number of aromatic nitrogens is 1. The van der Waals surface area contributed by atoms with E-state index in [1.165, 1.54) is 11.3 Å². The maximum absolute atomic E-state index is 13.0. The average molecular weight is 408 g/mol. The summed E-state index contributed by atoms with van der Waals surface area (Å²) in [7, 11) is 0. The van der Waals surface area contributed by atoms with Gasteiger partial charge in [-0.25, -0.2) is 9.78 Å². The minimum atomic E-state index is -1.18. The van der Waals surface area contributed by atoms with Crippen molar-refractivity contribution in [1.82, 2.24) is 15.6 Å². The average Bonchev–Trinajstić information content (AvgIpc) is 3.11. The Labute approximate surface area is 171 Å². The molecule has 1 aliphatic rings. The van der Waals surface area contributed by atoms with Gasteiger partial charge in [0, 0.05) is 16.8 Å². The van der Waals surface area contributed by atoms with Gasteiger partial charge < -0.3 is 10.6 Å². The van der Waals surface area contributed by atoms with E-state index in [0.717, 1.165) is 27.0 Å². The number of thiophene rings is 1. The molecule has 0 aliphatic carbocycles. The second-order valence-electron chi connectivity index (χ2n) is 7.39. The fourth-order valence-electron chi connectivity index (χ4n) is 3.68. The highest BCUT2D eigenvalue weighted by molar-refractivity contribution is 7.20. The molecule has 1 unspecified atom stereocenters. The quantitative estimate of drug-likeness (QED) is 0.577. The number of rotatable bonds is 3. The number of pyridine rings is 1. The Hall–Kier alpha value is -3.26. The van der Waals surface area contributed by atoms with E-state index in [1.54, 1.807) is 31.2 Å². The number of amides is 4. The molecule has 29 heavy (non-hydrogen) atoms. The summed E-state index contributed by atoms with van der Waals surface area (Å²) >= 11 is 1.36. The molecule has 3 aromatic rings. The molecule has 1 fully saturated rings. The van der Waals surface area contributed by atoms with Gasteiger partial charge in [0.1, 0.15) is 10.4 Å². The third kappa shape index (κ3) is 3.15. The number of benzene rings is 1. The molecule has 4 amide bonds. The fraction of sp³-hybridized carbons (Fsp3) is 0.238. The minimum Gasteiger partial charge on any atom is -0.321 e. The van der Waals surface area contributed by atoms with Crippen LogP contribution in [0.5, 0.6) is 0 Å². The summed E-state index contributed by atoms with van der Waals surface area (Å²) in [5.74, 6) is -0.659. The molecule has 3 N–H and O–H groups in total. The fourth-order valence-corrected chi connectivity index (χ4v) is 4.88. The van der Waals surface area contributed by atoms with Gasteiger partial charge in [0.2, 0.25) is 0 Å². The number of urea groups is 1. The lowest BCUT2D eigenvalue weighted by Gasteiger charge is -2.21. The van der Waals surface area contributed by atoms with Gasteiger partial charge in [0.15, 0.2) is 0 Å². The molecule has 8 heteroatoms. The summed E-state index contributed by atoms with van der Waals surface area (Å²) in [4.78, 5) is 42.7. The third-order valence-electron chi connectivity index (χ3n) is 5.17. The normalized spacial score (nSPS) is 18.6. The Balaban J connectivity index is 1.66. The van der Waals surface area contributed by atoms with Gasteiger partial charge in [-0.2, -0.15) is 0 Å². The Morgan fingerprint density at radius 2 is 1.93 bits per heavy atom. The zero-order valence-corrected chi connectivity index (χ0v) is 17.3. The number of hydrogen-bond acceptors (Lipinski definition) is 5. The van der Waals surface area contributed by atoms with Gasteiger partial charge in [0.25, 0.3) is 11.8 Å². The predicted molar refractivity (Wildman–Crippen MR) is 112 cm³/mol. The van der Waals surface area contributed by atoms with Gasteiger partial charge in [-0.3, -0.25) is 14.9 Å². The van der Waals surface area contributed by atoms with Crippen molar-refractivity contribution < 1.29 is 14.4 Å². The topological polar surface area (TPSA) is 100 Å². The van der Waals surface area contributed by atoms with Gasteiger partial charge in [0.05, 0.1) is 4.88 Å². The maximum atomic E-state index is 13.0. The van der Waals surface area contributed by atoms with Crippen LogP contribution in [0.4, 0.5) is 10.5 Å². The van der Waals surface area contributed by atoms with Crippen molar-refractivity contribution in [1.29, 1.82) is 0 Å². The molecule has 0 saturated carbocycles. The van der Waals surface area contributed by atoms with Gasteiger partial charge in [-0.05, 0) is 62.6 Å². The SMILES string of the molecule is Cc1cc(C)c2c(C)c(C(=O)Nc3cccc(C4(C)NC(=O)NC4=O)c3)sc2n1. The predicted octanol–water partition coefficient (Wildman–Crippen LogP) is 3.53. The molecule has 0 spiro atoms. The lowest BCUT2D eigenvalue weighted by Crippen LogP contribution is -2.40. The van der Waals surface area contributed by atoms with Crippen molar-refractivity contribution in [3.8, 4) is 0 Å². The summed E-state index contributed by atoms with van der Waals surface area (Å²) < 4.78 is 0. The van der Waals surface area contributed by atoms with Crippen LogP contribution < -0.4 is 16.0 Å². The summed E-state index contributed by atoms with van der Waals surface area (Å²) in [6.45, 7) is 7.50. The molecule has 148 valence electrons. The molecule has 4 rings (SSSR count). The minimum absolute atomic E-state index is 0.232. The van der Waals surface area contributed by atoms with E-state index in [4.69, 9.17) is 0 Å². The van der Waals surface area contributed by atoms with Crippen LogP contribution in [-0.2, 0) is 10.3 Å². The molecule has 7 nitrogen and oxygen atoms in total. The van der Waals surface area contributed by atoms with Crippen LogP contribution in [0.3, 0.4) is 0 Å². The molecule has 2 aromatic heterocycles. The maximum Gasteiger partial charge on any atom is 0.322 e. The Morgan fingerprint density at radius 1 is 1.17 bits per heavy atom. The van der Waals surface area contributed by atoms with E-state index >= 15 is 0 Å². The standard InChI is InChI=1S/C21H20N4O3S/c1-10-8-11(2)22-18-15(10)12(3)16(29-18)17(26)23-14-7-5-6-13(9-14)21(4)19(27)24-20(28)25-21/h5-9H,1-4H3,(H,23,26)(H2,24,25,27,28). The summed E-state index contributed by atoms with van der Waals surface area (Å²) in [5.41, 5.74) is 2.86. The highest BCUT2D eigenvalue weighted by Gasteiger charge is 2.43. The lowest BCUT2D eigenvalue weighted by atomic mass is 9.92. The van der Waals surface area contributed by atoms with Crippen LogP contribution in [-0.4, -0.2) is 22.8 Å². The Kier molecular flexibility index (Phi) is 4.38. The zero-order chi connectivity index (χ0) is 20.9. The smallest absolute Gasteiger partial charge is 0.321 e. The molecule has 3 heterocycles. The first-order valence-corrected chi connectivity index (χ1v) is 9.93. The first kappa shape index (κ1) is 19.1. The summed E-state index contributed by atoms with van der Waals surface area (Å²) in [6, 6.07) is 8.39. The van der Waals surface area contributed by atoms with E-state index in [1.807, 2.05) is 26.8 Å². The Morgan fingerprint density at radius 3 is 2.62 bits per heavy atom. The zero-order valence-electron chi connectivity index (χ0n) is 16.5. The number of nitrogens with zero attached hydrogens (tertiary/aromatic N) is 1. The first-order valence-electron chi connectivity index (χ1n) is 9.12. The Bertz CT molecular complexity index is 1200. The molecule has 1 aliphatic heterocycles. The van der Waals surface area contributed by atoms with E-state index in [9.17, 15) is 14.4 Å². The van der Waals surface area contributed by atoms with Crippen LogP contribution in [0.25, 0.3) is 10.2 Å². The number of hydrogen-bond donors (Lipinski definition) is 3. The van der Waals surface area contributed by atoms with Crippen LogP contribution in [0.2, 0.25) is 0 Å². The molecular weight excluding hydrogens is 388 g/mol. The van der Waals surface area contributed by atoms with Crippen molar-refractivity contribution in [3.05, 3.63) is 57.6 Å². The summed E-state index contributed by atoms with van der Waals surface area (Å²) in [5, 5.41) is 8.78. The van der Waals surface area contributed by atoms with E-state index < -0.39 is 17.5 Å². The van der Waals surface area contributed by atoms with Crippen molar-refractivity contribution in [2.24, 2.45) is 0 Å². The number of carbonyl (C=O) groups excluding carboxylic acids is 3. The second kappa shape index (κ2) is 6.66. The number of aryl methyl sites for hydroxylation is 3. The van der Waals surface area contributed by atoms with E-state index in [2.05, 4.69) is 20.9 Å². The molecule has 1 aromatic carbocycles. The van der Waals surface area contributed by atoms with Crippen LogP contribution in [0.15, 0.2) is 30.3 Å². The monoisotopic (exact) mass is 408 g/mol. The van der Waals surface area contributed by atoms with Gasteiger partial charge in [-0.15, -0.1) is 11.3 Å². The molecular formula is C21H20N4O3S. The van der Waals surface area contributed by atoms with E-state index in [-0.39, 0.29) is 5.91 Å². The second-order valence-corrected chi connectivity index (χ2v) is 8.38. The van der Waals surface area contributed by atoms with Crippen molar-refractivity contribution >= 4 is 45.1 Å². The number of imide groups is 1. The van der Waals surface area contributed by atoms with Crippen molar-refractivity contribution in [2.75, 3.05) is 5.32 Å². The molecule has 0 radical (unpaired) electrons. The molecule has 1 atom stereocenters. The number of fused-ring (bicyclic) bond motifs is 1. The van der Waals surface area contributed by atoms with E-state index in [0.29, 0.717) is 16.1 Å². The molecule has 1 saturated heterocycles. The molecule has 0 bridgehead atoms. The third-order valence-corrected chi connectivity index (χ3v) is 6.36. The van der Waals surface area contributed by atoms with Crippen molar-refractivity contribution in [3.63, 3.8) is 0 Å². The highest BCUT2D eigenvalue weighted by atomic mass is 32.1. The number of nitrogens with one attached hydrogen (secondary N) is 3. The lowest BCUT2D eigenvalue weighted by molar-refractivity contribution is -0.123. The van der Waals surface area contributed by atoms with Crippen LogP contribution in [0.1, 0.15) is 39.0 Å². The summed E-state index contributed by atoms with van der Waals surface area (Å²) in [6.07, 6.45) is 0. The van der Waals surface area contributed by atoms with Gasteiger partial charge in [-0.1, -0.05) is 12.1 Å². The number of carbonyl (C=O) groups is 3. The van der Waals surface area contributed by atoms with Gasteiger partial charge >= 0.3 is 6.03 Å². The van der Waals surface area contributed by atoms with Crippen LogP contribution >= 0.6 is 11.3 Å². The number of anilines is 1. The largest absolute Gasteiger partial charge is 0.322 e. The highest BCUT2D eigenvalue weighted by Crippen LogP contribution is 2.33. The van der Waals surface area contributed by atoms with Crippen LogP contribution in [0, 0.1) is 20.8 Å². The van der Waals surface area contributed by atoms with Crippen molar-refractivity contribution in [2.45, 2.75) is 33.2 Å². The first-order chi connectivity index (χ1) is 13.7.